The summed E-state index contributed by atoms with van der Waals surface area (Å²) in [5.41, 5.74) is 0. The molecule has 122 valence electrons. The highest BCUT2D eigenvalue weighted by Gasteiger charge is 2.26. The third kappa shape index (κ3) is 3.55. The Hall–Kier alpha value is -2.71. The summed E-state index contributed by atoms with van der Waals surface area (Å²) in [5.74, 6) is 0.563. The number of hydrogen-bond donors (Lipinski definition) is 3. The summed E-state index contributed by atoms with van der Waals surface area (Å²) >= 11 is 0. The molecule has 0 aliphatic carbocycles. The van der Waals surface area contributed by atoms with E-state index in [-0.39, 0.29) is 23.9 Å². The number of aromatic nitrogens is 4. The average molecular weight is 319 g/mol. The molecule has 8 nitrogen and oxygen atoms in total. The van der Waals surface area contributed by atoms with Gasteiger partial charge in [0.05, 0.1) is 6.04 Å². The van der Waals surface area contributed by atoms with E-state index < -0.39 is 0 Å². The number of nitrogens with zero attached hydrogens (tertiary/aromatic N) is 4. The van der Waals surface area contributed by atoms with Gasteiger partial charge in [-0.1, -0.05) is 0 Å². The Balaban J connectivity index is 1.52. The number of H-pyrrole nitrogens is 1. The number of halogens is 1. The smallest absolute Gasteiger partial charge is 0.315 e. The molecule has 2 amide bonds. The third-order valence-corrected chi connectivity index (χ3v) is 3.75. The maximum atomic E-state index is 13.7. The molecule has 0 radical (unpaired) electrons. The number of aromatic amines is 1. The lowest BCUT2D eigenvalue weighted by atomic mass is 10.2. The lowest BCUT2D eigenvalue weighted by Crippen LogP contribution is -2.44. The van der Waals surface area contributed by atoms with Crippen molar-refractivity contribution in [2.75, 3.05) is 18.0 Å². The fourth-order valence-corrected chi connectivity index (χ4v) is 2.60. The molecule has 2 aromatic heterocycles. The zero-order valence-electron chi connectivity index (χ0n) is 12.7. The lowest BCUT2D eigenvalue weighted by Gasteiger charge is -2.19. The highest BCUT2D eigenvalue weighted by Crippen LogP contribution is 2.20. The minimum atomic E-state index is -0.350. The number of carbonyl (C=O) groups excluding carboxylic acids is 1. The summed E-state index contributed by atoms with van der Waals surface area (Å²) in [6, 6.07) is 2.32. The van der Waals surface area contributed by atoms with Gasteiger partial charge in [-0.15, -0.1) is 0 Å². The molecule has 23 heavy (non-hydrogen) atoms. The van der Waals surface area contributed by atoms with Crippen LogP contribution >= 0.6 is 0 Å². The number of hydrogen-bond acceptors (Lipinski definition) is 5. The van der Waals surface area contributed by atoms with E-state index in [9.17, 15) is 9.18 Å². The minimum Gasteiger partial charge on any atom is -0.352 e. The molecule has 2 aromatic rings. The Kier molecular flexibility index (Phi) is 4.35. The average Bonchev–Trinajstić information content (AvgIpc) is 3.19. The number of pyridine rings is 1. The molecule has 0 aromatic carbocycles. The normalized spacial score (nSPS) is 18.7. The highest BCUT2D eigenvalue weighted by molar-refractivity contribution is 5.74. The molecular weight excluding hydrogens is 301 g/mol. The van der Waals surface area contributed by atoms with Crippen molar-refractivity contribution in [3.63, 3.8) is 0 Å². The number of anilines is 1. The van der Waals surface area contributed by atoms with E-state index in [1.165, 1.54) is 12.4 Å². The van der Waals surface area contributed by atoms with Crippen LogP contribution in [0, 0.1) is 5.82 Å². The zero-order chi connectivity index (χ0) is 16.2. The number of nitrogens with one attached hydrogen (secondary N) is 3. The molecule has 9 heteroatoms. The van der Waals surface area contributed by atoms with Crippen LogP contribution in [0.3, 0.4) is 0 Å². The molecule has 3 heterocycles. The van der Waals surface area contributed by atoms with E-state index >= 15 is 0 Å². The Labute approximate surface area is 132 Å². The number of urea groups is 1. The highest BCUT2D eigenvalue weighted by atomic mass is 19.1. The molecule has 0 spiro atoms. The summed E-state index contributed by atoms with van der Waals surface area (Å²) < 4.78 is 13.7. The predicted molar refractivity (Wildman–Crippen MR) is 81.3 cm³/mol. The molecule has 2 unspecified atom stereocenters. The van der Waals surface area contributed by atoms with Crippen LogP contribution in [0.15, 0.2) is 24.7 Å². The van der Waals surface area contributed by atoms with Gasteiger partial charge in [-0.3, -0.25) is 5.10 Å². The maximum Gasteiger partial charge on any atom is 0.315 e. The first-order chi connectivity index (χ1) is 11.1. The Morgan fingerprint density at radius 1 is 1.52 bits per heavy atom. The minimum absolute atomic E-state index is 0.0571. The summed E-state index contributed by atoms with van der Waals surface area (Å²) in [6.45, 7) is 2.99. The van der Waals surface area contributed by atoms with E-state index in [1.807, 2.05) is 11.8 Å². The summed E-state index contributed by atoms with van der Waals surface area (Å²) in [4.78, 5) is 21.9. The number of carbonyl (C=O) groups is 1. The second-order valence-electron chi connectivity index (χ2n) is 5.45. The molecule has 1 aliphatic rings. The zero-order valence-corrected chi connectivity index (χ0v) is 12.7. The van der Waals surface area contributed by atoms with Gasteiger partial charge in [0.2, 0.25) is 0 Å². The van der Waals surface area contributed by atoms with Crippen molar-refractivity contribution in [2.24, 2.45) is 0 Å². The van der Waals surface area contributed by atoms with E-state index in [1.54, 1.807) is 12.3 Å². The van der Waals surface area contributed by atoms with Gasteiger partial charge in [0, 0.05) is 25.3 Å². The van der Waals surface area contributed by atoms with Crippen molar-refractivity contribution in [3.8, 4) is 0 Å². The fourth-order valence-electron chi connectivity index (χ4n) is 2.60. The number of rotatable bonds is 4. The number of amides is 2. The molecule has 0 saturated carbocycles. The molecule has 2 atom stereocenters. The molecule has 0 bridgehead atoms. The van der Waals surface area contributed by atoms with Gasteiger partial charge in [-0.05, 0) is 25.5 Å². The van der Waals surface area contributed by atoms with Crippen LogP contribution in [0.25, 0.3) is 0 Å². The molecule has 3 rings (SSSR count). The third-order valence-electron chi connectivity index (χ3n) is 3.75. The van der Waals surface area contributed by atoms with Crippen LogP contribution in [0.2, 0.25) is 0 Å². The van der Waals surface area contributed by atoms with Gasteiger partial charge in [-0.25, -0.2) is 19.2 Å². The Bertz CT molecular complexity index is 663. The summed E-state index contributed by atoms with van der Waals surface area (Å²) in [6.07, 6.45) is 3.69. The van der Waals surface area contributed by atoms with Crippen LogP contribution in [0.4, 0.5) is 15.0 Å². The summed E-state index contributed by atoms with van der Waals surface area (Å²) in [7, 11) is 0. The van der Waals surface area contributed by atoms with E-state index in [4.69, 9.17) is 0 Å². The maximum absolute atomic E-state index is 13.7. The molecule has 1 fully saturated rings. The van der Waals surface area contributed by atoms with Crippen LogP contribution in [0.5, 0.6) is 0 Å². The summed E-state index contributed by atoms with van der Waals surface area (Å²) in [5, 5.41) is 12.1. The lowest BCUT2D eigenvalue weighted by molar-refractivity contribution is 0.234. The van der Waals surface area contributed by atoms with E-state index in [2.05, 4.69) is 30.8 Å². The monoisotopic (exact) mass is 319 g/mol. The molecular formula is C14H18FN7O. The first kappa shape index (κ1) is 15.2. The van der Waals surface area contributed by atoms with Crippen molar-refractivity contribution in [1.82, 2.24) is 30.8 Å². The van der Waals surface area contributed by atoms with Crippen molar-refractivity contribution >= 4 is 11.8 Å². The van der Waals surface area contributed by atoms with Crippen molar-refractivity contribution in [3.05, 3.63) is 36.3 Å². The largest absolute Gasteiger partial charge is 0.352 e. The standard InChI is InChI=1S/C14H18FN7O/c1-9(12-17-8-18-21-12)19-14(23)20-10-4-6-22(7-10)13-11(15)3-2-5-16-13/h2-3,5,8-10H,4,6-7H2,1H3,(H,17,18,21)(H2,19,20,23). The first-order valence-electron chi connectivity index (χ1n) is 7.41. The van der Waals surface area contributed by atoms with Gasteiger partial charge in [0.1, 0.15) is 12.2 Å². The van der Waals surface area contributed by atoms with Gasteiger partial charge in [0.25, 0.3) is 0 Å². The van der Waals surface area contributed by atoms with Gasteiger partial charge >= 0.3 is 6.03 Å². The van der Waals surface area contributed by atoms with Crippen molar-refractivity contribution < 1.29 is 9.18 Å². The Morgan fingerprint density at radius 3 is 3.13 bits per heavy atom. The van der Waals surface area contributed by atoms with Gasteiger partial charge in [-0.2, -0.15) is 5.10 Å². The van der Waals surface area contributed by atoms with Crippen molar-refractivity contribution in [2.45, 2.75) is 25.4 Å². The van der Waals surface area contributed by atoms with Gasteiger partial charge in [0.15, 0.2) is 11.6 Å². The van der Waals surface area contributed by atoms with E-state index in [0.29, 0.717) is 24.7 Å². The van der Waals surface area contributed by atoms with Crippen LogP contribution < -0.4 is 15.5 Å². The quantitative estimate of drug-likeness (QED) is 0.780. The van der Waals surface area contributed by atoms with Crippen LogP contribution in [0.1, 0.15) is 25.2 Å². The van der Waals surface area contributed by atoms with E-state index in [0.717, 1.165) is 6.42 Å². The molecule has 1 saturated heterocycles. The predicted octanol–water partition coefficient (Wildman–Crippen LogP) is 0.978. The SMILES string of the molecule is CC(NC(=O)NC1CCN(c2ncccc2F)C1)c1ncn[nH]1. The van der Waals surface area contributed by atoms with Gasteiger partial charge < -0.3 is 15.5 Å². The topological polar surface area (TPSA) is 98.8 Å². The first-order valence-corrected chi connectivity index (χ1v) is 7.41. The Morgan fingerprint density at radius 2 is 2.39 bits per heavy atom. The second kappa shape index (κ2) is 6.59. The fraction of sp³-hybridized carbons (Fsp3) is 0.429. The molecule has 1 aliphatic heterocycles. The van der Waals surface area contributed by atoms with Crippen LogP contribution in [-0.4, -0.2) is 45.3 Å². The second-order valence-corrected chi connectivity index (χ2v) is 5.45. The molecule has 3 N–H and O–H groups in total. The van der Waals surface area contributed by atoms with Crippen molar-refractivity contribution in [1.29, 1.82) is 0 Å². The van der Waals surface area contributed by atoms with Crippen LogP contribution in [-0.2, 0) is 0 Å².